The minimum atomic E-state index is 0.0902. The van der Waals surface area contributed by atoms with Gasteiger partial charge >= 0.3 is 0 Å². The summed E-state index contributed by atoms with van der Waals surface area (Å²) in [6.45, 7) is 5.39. The molecule has 4 unspecified atom stereocenters. The van der Waals surface area contributed by atoms with Crippen LogP contribution in [0.4, 0.5) is 39.8 Å². The van der Waals surface area contributed by atoms with E-state index in [-0.39, 0.29) is 17.7 Å². The minimum Gasteiger partial charge on any atom is -0.359 e. The first-order valence-corrected chi connectivity index (χ1v) is 21.3. The van der Waals surface area contributed by atoms with Crippen LogP contribution in [0.5, 0.6) is 0 Å². The zero-order chi connectivity index (χ0) is 38.6. The molecule has 0 N–H and O–H groups in total. The Kier molecular flexibility index (Phi) is 7.37. The molecular weight excluding hydrogens is 701 g/mol. The number of rotatable bonds is 5. The molecule has 3 heterocycles. The van der Waals surface area contributed by atoms with Gasteiger partial charge in [0.15, 0.2) is 0 Å². The number of benzene rings is 7. The molecule has 3 nitrogen and oxygen atoms in total. The zero-order valence-corrected chi connectivity index (χ0v) is 33.2. The van der Waals surface area contributed by atoms with Crippen LogP contribution in [-0.2, 0) is 0 Å². The number of nitrogens with zero attached hydrogens (tertiary/aromatic N) is 3. The molecule has 3 aliphatic heterocycles. The molecule has 1 saturated carbocycles. The molecule has 0 amide bonds. The summed E-state index contributed by atoms with van der Waals surface area (Å²) in [5.74, 6) is 0.493. The van der Waals surface area contributed by atoms with Gasteiger partial charge in [-0.25, -0.2) is 0 Å². The van der Waals surface area contributed by atoms with Crippen LogP contribution in [0.2, 0.25) is 0 Å². The molecule has 7 aromatic rings. The summed E-state index contributed by atoms with van der Waals surface area (Å²) < 4.78 is 0. The van der Waals surface area contributed by atoms with Gasteiger partial charge in [0.05, 0.1) is 6.04 Å². The number of hydrogen-bond donors (Lipinski definition) is 0. The third kappa shape index (κ3) is 4.63. The third-order valence-corrected chi connectivity index (χ3v) is 14.9. The van der Waals surface area contributed by atoms with Crippen molar-refractivity contribution in [1.29, 1.82) is 0 Å². The highest BCUT2D eigenvalue weighted by Crippen LogP contribution is 2.64. The summed E-state index contributed by atoms with van der Waals surface area (Å²) in [6.07, 6.45) is 12.6. The molecule has 4 atom stereocenters. The van der Waals surface area contributed by atoms with Crippen molar-refractivity contribution in [3.63, 3.8) is 0 Å². The molecule has 0 spiro atoms. The number of allylic oxidation sites excluding steroid dienone is 2. The summed E-state index contributed by atoms with van der Waals surface area (Å²) in [5, 5.41) is 2.52. The second-order valence-corrected chi connectivity index (χ2v) is 17.6. The predicted molar refractivity (Wildman–Crippen MR) is 246 cm³/mol. The van der Waals surface area contributed by atoms with Gasteiger partial charge < -0.3 is 14.7 Å². The third-order valence-electron chi connectivity index (χ3n) is 14.9. The molecule has 4 heteroatoms. The second kappa shape index (κ2) is 12.6. The fourth-order valence-electron chi connectivity index (χ4n) is 12.1. The monoisotopic (exact) mass is 747 g/mol. The second-order valence-electron chi connectivity index (χ2n) is 17.6. The topological polar surface area (TPSA) is 9.72 Å². The number of anilines is 7. The van der Waals surface area contributed by atoms with E-state index in [0.717, 1.165) is 17.1 Å². The van der Waals surface area contributed by atoms with E-state index in [4.69, 9.17) is 0 Å². The molecule has 58 heavy (non-hydrogen) atoms. The molecule has 0 bridgehead atoms. The lowest BCUT2D eigenvalue weighted by Crippen LogP contribution is -2.64. The maximum absolute atomic E-state index is 2.92. The van der Waals surface area contributed by atoms with E-state index in [1.807, 2.05) is 0 Å². The van der Waals surface area contributed by atoms with Crippen LogP contribution in [0.15, 0.2) is 187 Å². The average Bonchev–Trinajstić information content (AvgIpc) is 3.49. The highest BCUT2D eigenvalue weighted by molar-refractivity contribution is 6.95. The van der Waals surface area contributed by atoms with Crippen LogP contribution in [0, 0.1) is 11.3 Å². The Labute approximate surface area is 342 Å². The van der Waals surface area contributed by atoms with Crippen molar-refractivity contribution in [1.82, 2.24) is 0 Å². The molecule has 0 radical (unpaired) electrons. The van der Waals surface area contributed by atoms with Crippen molar-refractivity contribution in [2.45, 2.75) is 51.1 Å². The van der Waals surface area contributed by atoms with Crippen molar-refractivity contribution >= 4 is 68.2 Å². The van der Waals surface area contributed by atoms with E-state index < -0.39 is 0 Å². The Bertz CT molecular complexity index is 2820. The SMILES string of the molecule is CC12CCCCC1(C)N1c3cccc4c3B(C3=CC=CC2C31)c1ccc(N(c2ccccc2)c2cccc(-c3cccc5ccccc35)c2)cc1N4c1ccccc1. The first-order chi connectivity index (χ1) is 28.5. The van der Waals surface area contributed by atoms with Gasteiger partial charge in [-0.15, -0.1) is 0 Å². The van der Waals surface area contributed by atoms with Crippen molar-refractivity contribution < 1.29 is 0 Å². The van der Waals surface area contributed by atoms with Gasteiger partial charge in [-0.3, -0.25) is 0 Å². The Morgan fingerprint density at radius 2 is 1.33 bits per heavy atom. The van der Waals surface area contributed by atoms with Crippen LogP contribution in [0.25, 0.3) is 21.9 Å². The summed E-state index contributed by atoms with van der Waals surface area (Å²) in [6, 6.07) is 61.2. The summed E-state index contributed by atoms with van der Waals surface area (Å²) >= 11 is 0. The molecular formula is C54H46BN3. The standard InChI is InChI=1S/C54H46BN3/c1-53-33-11-12-34-54(53,2)58-49-30-16-29-48-51(49)55(47-28-15-27-45(53)52(47)58)46-32-31-42(36-50(46)57(48)40-22-7-4-8-23-40)56(39-20-5-3-6-21-39)41-24-13-19-38(35-41)44-26-14-18-37-17-9-10-25-43(37)44/h3-10,13-32,35-36,45,52H,11-12,33-34H2,1-2H3. The van der Waals surface area contributed by atoms with Crippen molar-refractivity contribution in [2.24, 2.45) is 11.3 Å². The summed E-state index contributed by atoms with van der Waals surface area (Å²) in [5.41, 5.74) is 15.7. The van der Waals surface area contributed by atoms with Gasteiger partial charge in [-0.2, -0.15) is 0 Å². The number of hydrogen-bond acceptors (Lipinski definition) is 3. The van der Waals surface area contributed by atoms with E-state index in [9.17, 15) is 0 Å². The van der Waals surface area contributed by atoms with Gasteiger partial charge in [0.2, 0.25) is 6.71 Å². The van der Waals surface area contributed by atoms with Crippen molar-refractivity contribution in [3.8, 4) is 11.1 Å². The Morgan fingerprint density at radius 1 is 0.621 bits per heavy atom. The summed E-state index contributed by atoms with van der Waals surface area (Å²) in [4.78, 5) is 7.91. The average molecular weight is 748 g/mol. The van der Waals surface area contributed by atoms with E-state index in [2.05, 4.69) is 211 Å². The lowest BCUT2D eigenvalue weighted by Gasteiger charge is -2.54. The maximum atomic E-state index is 2.92. The van der Waals surface area contributed by atoms with Gasteiger partial charge in [0, 0.05) is 51.3 Å². The van der Waals surface area contributed by atoms with Crippen LogP contribution in [0.1, 0.15) is 39.5 Å². The molecule has 7 aromatic carbocycles. The Balaban J connectivity index is 1.07. The zero-order valence-electron chi connectivity index (χ0n) is 33.2. The van der Waals surface area contributed by atoms with Crippen LogP contribution < -0.4 is 25.6 Å². The number of fused-ring (bicyclic) bond motifs is 8. The van der Waals surface area contributed by atoms with Crippen LogP contribution in [-0.4, -0.2) is 18.3 Å². The minimum absolute atomic E-state index is 0.0902. The predicted octanol–water partition coefficient (Wildman–Crippen LogP) is 12.6. The Hall–Kier alpha value is -6.26. The number of para-hydroxylation sites is 2. The molecule has 12 rings (SSSR count). The fraction of sp³-hybridized carbons (Fsp3) is 0.185. The smallest absolute Gasteiger partial charge is 0.247 e. The van der Waals surface area contributed by atoms with Gasteiger partial charge in [0.25, 0.3) is 0 Å². The first kappa shape index (κ1) is 33.8. The van der Waals surface area contributed by atoms with Crippen molar-refractivity contribution in [2.75, 3.05) is 14.7 Å². The lowest BCUT2D eigenvalue weighted by atomic mass is 9.31. The largest absolute Gasteiger partial charge is 0.359 e. The van der Waals surface area contributed by atoms with Gasteiger partial charge in [0.1, 0.15) is 0 Å². The quantitative estimate of drug-likeness (QED) is 0.162. The lowest BCUT2D eigenvalue weighted by molar-refractivity contribution is 0.0984. The first-order valence-electron chi connectivity index (χ1n) is 21.3. The normalized spacial score (nSPS) is 23.5. The molecule has 1 saturated heterocycles. The van der Waals surface area contributed by atoms with E-state index in [1.165, 1.54) is 81.3 Å². The van der Waals surface area contributed by atoms with E-state index >= 15 is 0 Å². The van der Waals surface area contributed by atoms with Gasteiger partial charge in [-0.1, -0.05) is 147 Å². The van der Waals surface area contributed by atoms with Crippen LogP contribution >= 0.6 is 0 Å². The molecule has 2 fully saturated rings. The molecule has 280 valence electrons. The highest BCUT2D eigenvalue weighted by atomic mass is 15.3. The van der Waals surface area contributed by atoms with E-state index in [0.29, 0.717) is 12.0 Å². The van der Waals surface area contributed by atoms with Gasteiger partial charge in [-0.05, 0) is 119 Å². The maximum Gasteiger partial charge on any atom is 0.247 e. The van der Waals surface area contributed by atoms with Crippen LogP contribution in [0.3, 0.4) is 0 Å². The van der Waals surface area contributed by atoms with Crippen molar-refractivity contribution in [3.05, 3.63) is 187 Å². The highest BCUT2D eigenvalue weighted by Gasteiger charge is 2.67. The molecule has 5 aliphatic rings. The molecule has 2 aliphatic carbocycles. The molecule has 0 aromatic heterocycles. The fourth-order valence-corrected chi connectivity index (χ4v) is 12.1. The van der Waals surface area contributed by atoms with E-state index in [1.54, 1.807) is 5.47 Å². The Morgan fingerprint density at radius 3 is 2.21 bits per heavy atom. The summed E-state index contributed by atoms with van der Waals surface area (Å²) in [7, 11) is 0.